The minimum atomic E-state index is -0.340. The number of hydrogen-bond acceptors (Lipinski definition) is 3. The summed E-state index contributed by atoms with van der Waals surface area (Å²) < 4.78 is 5.39. The number of aromatic amines is 1. The summed E-state index contributed by atoms with van der Waals surface area (Å²) >= 11 is 11.8. The summed E-state index contributed by atoms with van der Waals surface area (Å²) in [6, 6.07) is 14.6. The van der Waals surface area contributed by atoms with Crippen LogP contribution in [0, 0.1) is 6.92 Å². The second-order valence-corrected chi connectivity index (χ2v) is 6.29. The van der Waals surface area contributed by atoms with Crippen LogP contribution in [0.2, 0.25) is 10.0 Å². The van der Waals surface area contributed by atoms with Gasteiger partial charge in [0, 0.05) is 11.1 Å². The van der Waals surface area contributed by atoms with Gasteiger partial charge in [-0.25, -0.2) is 0 Å². The summed E-state index contributed by atoms with van der Waals surface area (Å²) in [6.07, 6.45) is 0. The van der Waals surface area contributed by atoms with E-state index in [4.69, 9.17) is 27.9 Å². The Bertz CT molecular complexity index is 892. The molecule has 3 aromatic rings. The van der Waals surface area contributed by atoms with Gasteiger partial charge in [0.15, 0.2) is 12.4 Å². The first-order valence-corrected chi connectivity index (χ1v) is 8.27. The lowest BCUT2D eigenvalue weighted by atomic mass is 10.1. The van der Waals surface area contributed by atoms with Gasteiger partial charge in [0.25, 0.3) is 5.91 Å². The highest BCUT2D eigenvalue weighted by Crippen LogP contribution is 2.27. The van der Waals surface area contributed by atoms with Crippen LogP contribution in [0.1, 0.15) is 5.56 Å². The summed E-state index contributed by atoms with van der Waals surface area (Å²) in [4.78, 5) is 12.0. The highest BCUT2D eigenvalue weighted by atomic mass is 35.5. The average molecular weight is 376 g/mol. The maximum Gasteiger partial charge on any atom is 0.263 e. The quantitative estimate of drug-likeness (QED) is 0.678. The van der Waals surface area contributed by atoms with Gasteiger partial charge in [-0.05, 0) is 30.7 Å². The van der Waals surface area contributed by atoms with Crippen LogP contribution in [0.3, 0.4) is 0 Å². The number of benzene rings is 2. The average Bonchev–Trinajstić information content (AvgIpc) is 3.03. The van der Waals surface area contributed by atoms with Gasteiger partial charge in [-0.2, -0.15) is 5.10 Å². The van der Waals surface area contributed by atoms with E-state index in [9.17, 15) is 4.79 Å². The fraction of sp³-hybridized carbons (Fsp3) is 0.111. The van der Waals surface area contributed by atoms with Gasteiger partial charge in [0.1, 0.15) is 5.75 Å². The van der Waals surface area contributed by atoms with Crippen molar-refractivity contribution in [3.63, 3.8) is 0 Å². The lowest BCUT2D eigenvalue weighted by Gasteiger charge is -2.07. The number of rotatable bonds is 5. The lowest BCUT2D eigenvalue weighted by Crippen LogP contribution is -2.20. The van der Waals surface area contributed by atoms with E-state index >= 15 is 0 Å². The number of aryl methyl sites for hydroxylation is 1. The Kier molecular flexibility index (Phi) is 5.26. The van der Waals surface area contributed by atoms with Crippen LogP contribution in [0.5, 0.6) is 5.75 Å². The number of nitrogens with one attached hydrogen (secondary N) is 2. The van der Waals surface area contributed by atoms with Gasteiger partial charge in [-0.1, -0.05) is 53.0 Å². The van der Waals surface area contributed by atoms with Crippen LogP contribution in [-0.4, -0.2) is 22.7 Å². The van der Waals surface area contributed by atoms with E-state index in [2.05, 4.69) is 15.5 Å². The van der Waals surface area contributed by atoms with Crippen molar-refractivity contribution in [1.29, 1.82) is 0 Å². The molecule has 0 atom stereocenters. The van der Waals surface area contributed by atoms with Crippen molar-refractivity contribution in [3.8, 4) is 17.0 Å². The van der Waals surface area contributed by atoms with Gasteiger partial charge in [0.05, 0.1) is 10.7 Å². The third-order valence-electron chi connectivity index (χ3n) is 3.46. The smallest absolute Gasteiger partial charge is 0.263 e. The highest BCUT2D eigenvalue weighted by Gasteiger charge is 2.10. The molecule has 1 heterocycles. The number of carbonyl (C=O) groups is 1. The van der Waals surface area contributed by atoms with Crippen LogP contribution in [-0.2, 0) is 4.79 Å². The molecule has 2 N–H and O–H groups in total. The SMILES string of the molecule is Cc1ccc(-c2cc(NC(=O)COc3ccc(Cl)cc3Cl)n[nH]2)cc1. The monoisotopic (exact) mass is 375 g/mol. The van der Waals surface area contributed by atoms with Crippen molar-refractivity contribution in [1.82, 2.24) is 10.2 Å². The predicted octanol–water partition coefficient (Wildman–Crippen LogP) is 4.71. The molecule has 0 saturated heterocycles. The van der Waals surface area contributed by atoms with E-state index in [0.29, 0.717) is 21.6 Å². The number of carbonyl (C=O) groups excluding carboxylic acids is 1. The van der Waals surface area contributed by atoms with Crippen molar-refractivity contribution < 1.29 is 9.53 Å². The molecule has 0 bridgehead atoms. The third kappa shape index (κ3) is 4.53. The molecule has 0 spiro atoms. The molecule has 0 aliphatic heterocycles. The zero-order valence-electron chi connectivity index (χ0n) is 13.3. The number of nitrogens with zero attached hydrogens (tertiary/aromatic N) is 1. The van der Waals surface area contributed by atoms with Crippen molar-refractivity contribution in [2.75, 3.05) is 11.9 Å². The van der Waals surface area contributed by atoms with Crippen LogP contribution >= 0.6 is 23.2 Å². The highest BCUT2D eigenvalue weighted by molar-refractivity contribution is 6.35. The van der Waals surface area contributed by atoms with E-state index in [1.54, 1.807) is 24.3 Å². The second kappa shape index (κ2) is 7.59. The van der Waals surface area contributed by atoms with Crippen LogP contribution in [0.4, 0.5) is 5.82 Å². The third-order valence-corrected chi connectivity index (χ3v) is 3.99. The van der Waals surface area contributed by atoms with Gasteiger partial charge in [0.2, 0.25) is 0 Å². The molecule has 0 unspecified atom stereocenters. The first-order valence-electron chi connectivity index (χ1n) is 7.51. The molecule has 25 heavy (non-hydrogen) atoms. The van der Waals surface area contributed by atoms with E-state index in [-0.39, 0.29) is 12.5 Å². The summed E-state index contributed by atoms with van der Waals surface area (Å²) in [5, 5.41) is 10.5. The molecular formula is C18H15Cl2N3O2. The second-order valence-electron chi connectivity index (χ2n) is 5.44. The van der Waals surface area contributed by atoms with Gasteiger partial charge < -0.3 is 10.1 Å². The van der Waals surface area contributed by atoms with Crippen LogP contribution in [0.25, 0.3) is 11.3 Å². The molecule has 7 heteroatoms. The minimum Gasteiger partial charge on any atom is -0.482 e. The van der Waals surface area contributed by atoms with E-state index in [0.717, 1.165) is 11.3 Å². The molecule has 5 nitrogen and oxygen atoms in total. The molecule has 0 aliphatic rings. The molecule has 1 aromatic heterocycles. The van der Waals surface area contributed by atoms with Crippen molar-refractivity contribution in [2.45, 2.75) is 6.92 Å². The van der Waals surface area contributed by atoms with Crippen LogP contribution in [0.15, 0.2) is 48.5 Å². The molecule has 0 saturated carbocycles. The Balaban J connectivity index is 1.59. The number of ether oxygens (including phenoxy) is 1. The van der Waals surface area contributed by atoms with E-state index in [1.807, 2.05) is 31.2 Å². The number of anilines is 1. The zero-order chi connectivity index (χ0) is 17.8. The molecule has 128 valence electrons. The first-order chi connectivity index (χ1) is 12.0. The van der Waals surface area contributed by atoms with E-state index in [1.165, 1.54) is 5.56 Å². The summed E-state index contributed by atoms with van der Waals surface area (Å²) in [5.41, 5.74) is 2.98. The Labute approximate surface area is 154 Å². The normalized spacial score (nSPS) is 10.5. The summed E-state index contributed by atoms with van der Waals surface area (Å²) in [6.45, 7) is 1.84. The standard InChI is InChI=1S/C18H15Cl2N3O2/c1-11-2-4-12(5-3-11)15-9-17(23-22-15)21-18(24)10-25-16-7-6-13(19)8-14(16)20/h2-9H,10H2,1H3,(H2,21,22,23,24). The molecule has 3 rings (SSSR count). The first kappa shape index (κ1) is 17.3. The number of H-pyrrole nitrogens is 1. The number of hydrogen-bond donors (Lipinski definition) is 2. The van der Waals surface area contributed by atoms with Crippen LogP contribution < -0.4 is 10.1 Å². The molecule has 1 amide bonds. The Morgan fingerprint density at radius 2 is 1.92 bits per heavy atom. The molecule has 2 aromatic carbocycles. The van der Waals surface area contributed by atoms with Gasteiger partial charge in [-0.15, -0.1) is 0 Å². The fourth-order valence-corrected chi connectivity index (χ4v) is 2.64. The Morgan fingerprint density at radius 1 is 1.16 bits per heavy atom. The summed E-state index contributed by atoms with van der Waals surface area (Å²) in [7, 11) is 0. The van der Waals surface area contributed by atoms with Crippen molar-refractivity contribution in [2.24, 2.45) is 0 Å². The minimum absolute atomic E-state index is 0.186. The van der Waals surface area contributed by atoms with Crippen molar-refractivity contribution in [3.05, 3.63) is 64.1 Å². The van der Waals surface area contributed by atoms with E-state index < -0.39 is 0 Å². The van der Waals surface area contributed by atoms with Gasteiger partial charge >= 0.3 is 0 Å². The molecular weight excluding hydrogens is 361 g/mol. The molecule has 0 aliphatic carbocycles. The zero-order valence-corrected chi connectivity index (χ0v) is 14.9. The number of halogens is 2. The fourth-order valence-electron chi connectivity index (χ4n) is 2.18. The lowest BCUT2D eigenvalue weighted by molar-refractivity contribution is -0.118. The van der Waals surface area contributed by atoms with Gasteiger partial charge in [-0.3, -0.25) is 9.89 Å². The maximum absolute atomic E-state index is 12.0. The molecule has 0 fully saturated rings. The Hall–Kier alpha value is -2.50. The number of aromatic nitrogens is 2. The largest absolute Gasteiger partial charge is 0.482 e. The molecule has 0 radical (unpaired) electrons. The maximum atomic E-state index is 12.0. The Morgan fingerprint density at radius 3 is 2.64 bits per heavy atom. The predicted molar refractivity (Wildman–Crippen MR) is 99.3 cm³/mol. The van der Waals surface area contributed by atoms with Crippen molar-refractivity contribution >= 4 is 34.9 Å². The summed E-state index contributed by atoms with van der Waals surface area (Å²) in [5.74, 6) is 0.475. The number of amides is 1. The topological polar surface area (TPSA) is 67.0 Å².